The molecular weight excluding hydrogens is 256 g/mol. The quantitative estimate of drug-likeness (QED) is 0.797. The predicted octanol–water partition coefficient (Wildman–Crippen LogP) is 4.92. The summed E-state index contributed by atoms with van der Waals surface area (Å²) in [4.78, 5) is 0. The van der Waals surface area contributed by atoms with Crippen LogP contribution in [-0.4, -0.2) is 5.11 Å². The van der Waals surface area contributed by atoms with Gasteiger partial charge in [-0.1, -0.05) is 61.4 Å². The monoisotopic (exact) mass is 282 g/mol. The fourth-order valence-corrected chi connectivity index (χ4v) is 2.63. The van der Waals surface area contributed by atoms with Gasteiger partial charge in [-0.3, -0.25) is 0 Å². The Morgan fingerprint density at radius 3 is 2.38 bits per heavy atom. The second kappa shape index (κ2) is 7.42. The Bertz CT molecular complexity index is 569. The van der Waals surface area contributed by atoms with Crippen LogP contribution in [0.2, 0.25) is 0 Å². The Labute approximate surface area is 128 Å². The van der Waals surface area contributed by atoms with Gasteiger partial charge in [-0.05, 0) is 48.9 Å². The lowest BCUT2D eigenvalue weighted by molar-refractivity contribution is 0.178. The molecule has 1 N–H and O–H groups in total. The van der Waals surface area contributed by atoms with Gasteiger partial charge in [0.05, 0.1) is 6.10 Å². The van der Waals surface area contributed by atoms with Gasteiger partial charge in [0.2, 0.25) is 0 Å². The summed E-state index contributed by atoms with van der Waals surface area (Å²) in [5.74, 6) is 0. The Hall–Kier alpha value is -1.60. The molecule has 112 valence electrons. The van der Waals surface area contributed by atoms with E-state index in [2.05, 4.69) is 63.2 Å². The van der Waals surface area contributed by atoms with Crippen LogP contribution in [0.3, 0.4) is 0 Å². The first-order valence-corrected chi connectivity index (χ1v) is 7.93. The van der Waals surface area contributed by atoms with Gasteiger partial charge in [0, 0.05) is 6.42 Å². The van der Waals surface area contributed by atoms with Crippen LogP contribution in [0.1, 0.15) is 53.7 Å². The highest BCUT2D eigenvalue weighted by Crippen LogP contribution is 2.22. The van der Waals surface area contributed by atoms with E-state index in [9.17, 15) is 5.11 Å². The van der Waals surface area contributed by atoms with Crippen molar-refractivity contribution >= 4 is 0 Å². The summed E-state index contributed by atoms with van der Waals surface area (Å²) in [6.45, 7) is 6.41. The molecule has 1 unspecified atom stereocenters. The van der Waals surface area contributed by atoms with E-state index in [-0.39, 0.29) is 0 Å². The third-order valence-corrected chi connectivity index (χ3v) is 4.10. The fraction of sp³-hybridized carbons (Fsp3) is 0.400. The maximum Gasteiger partial charge on any atom is 0.0830 e. The van der Waals surface area contributed by atoms with Crippen molar-refractivity contribution in [3.63, 3.8) is 0 Å². The molecule has 1 atom stereocenters. The van der Waals surface area contributed by atoms with E-state index in [1.165, 1.54) is 35.1 Å². The summed E-state index contributed by atoms with van der Waals surface area (Å²) in [6, 6.07) is 14.9. The normalized spacial score (nSPS) is 12.4. The van der Waals surface area contributed by atoms with E-state index >= 15 is 0 Å². The Kier molecular flexibility index (Phi) is 5.58. The lowest BCUT2D eigenvalue weighted by Gasteiger charge is -2.14. The second-order valence-electron chi connectivity index (χ2n) is 5.99. The first kappa shape index (κ1) is 15.8. The number of hydrogen-bond donors (Lipinski definition) is 1. The summed E-state index contributed by atoms with van der Waals surface area (Å²) < 4.78 is 0. The van der Waals surface area contributed by atoms with Gasteiger partial charge >= 0.3 is 0 Å². The first-order chi connectivity index (χ1) is 10.1. The van der Waals surface area contributed by atoms with Gasteiger partial charge in [-0.15, -0.1) is 0 Å². The zero-order chi connectivity index (χ0) is 15.2. The molecule has 0 radical (unpaired) electrons. The number of aryl methyl sites for hydroxylation is 3. The van der Waals surface area contributed by atoms with E-state index in [1.807, 2.05) is 0 Å². The molecule has 0 fully saturated rings. The molecular formula is C20H26O. The third kappa shape index (κ3) is 4.44. The smallest absolute Gasteiger partial charge is 0.0830 e. The van der Waals surface area contributed by atoms with Crippen molar-refractivity contribution in [3.8, 4) is 0 Å². The highest BCUT2D eigenvalue weighted by Gasteiger charge is 2.10. The van der Waals surface area contributed by atoms with Crippen molar-refractivity contribution in [1.82, 2.24) is 0 Å². The Morgan fingerprint density at radius 2 is 1.71 bits per heavy atom. The molecule has 2 rings (SSSR count). The van der Waals surface area contributed by atoms with Crippen molar-refractivity contribution in [3.05, 3.63) is 70.3 Å². The standard InChI is InChI=1S/C20H26O/c1-4-5-6-17-9-11-18(12-10-17)20(21)14-19-13-15(2)7-8-16(19)3/h7-13,20-21H,4-6,14H2,1-3H3. The van der Waals surface area contributed by atoms with Gasteiger partial charge in [0.25, 0.3) is 0 Å². The molecule has 0 heterocycles. The molecule has 0 saturated carbocycles. The second-order valence-corrected chi connectivity index (χ2v) is 5.99. The molecule has 0 aliphatic heterocycles. The lowest BCUT2D eigenvalue weighted by Crippen LogP contribution is -2.03. The molecule has 0 aliphatic carbocycles. The molecule has 1 nitrogen and oxygen atoms in total. The molecule has 0 amide bonds. The maximum absolute atomic E-state index is 10.5. The molecule has 0 aromatic heterocycles. The van der Waals surface area contributed by atoms with Crippen LogP contribution in [0.5, 0.6) is 0 Å². The molecule has 0 aliphatic rings. The summed E-state index contributed by atoms with van der Waals surface area (Å²) in [5, 5.41) is 10.5. The molecule has 0 bridgehead atoms. The number of benzene rings is 2. The van der Waals surface area contributed by atoms with Crippen LogP contribution in [-0.2, 0) is 12.8 Å². The van der Waals surface area contributed by atoms with Crippen molar-refractivity contribution in [1.29, 1.82) is 0 Å². The van der Waals surface area contributed by atoms with Gasteiger partial charge in [0.15, 0.2) is 0 Å². The molecule has 1 heteroatoms. The zero-order valence-corrected chi connectivity index (χ0v) is 13.4. The minimum atomic E-state index is -0.425. The van der Waals surface area contributed by atoms with Crippen molar-refractivity contribution in [2.24, 2.45) is 0 Å². The average Bonchev–Trinajstić information content (AvgIpc) is 2.49. The summed E-state index contributed by atoms with van der Waals surface area (Å²) in [6.07, 6.45) is 3.83. The minimum Gasteiger partial charge on any atom is -0.388 e. The fourth-order valence-electron chi connectivity index (χ4n) is 2.63. The Morgan fingerprint density at radius 1 is 1.00 bits per heavy atom. The summed E-state index contributed by atoms with van der Waals surface area (Å²) >= 11 is 0. The van der Waals surface area contributed by atoms with E-state index in [4.69, 9.17) is 0 Å². The molecule has 21 heavy (non-hydrogen) atoms. The first-order valence-electron chi connectivity index (χ1n) is 7.93. The van der Waals surface area contributed by atoms with Gasteiger partial charge in [-0.25, -0.2) is 0 Å². The minimum absolute atomic E-state index is 0.425. The van der Waals surface area contributed by atoms with Gasteiger partial charge < -0.3 is 5.11 Å². The Balaban J connectivity index is 2.05. The van der Waals surface area contributed by atoms with E-state index in [1.54, 1.807) is 0 Å². The van der Waals surface area contributed by atoms with Gasteiger partial charge in [-0.2, -0.15) is 0 Å². The van der Waals surface area contributed by atoms with Crippen LogP contribution in [0.4, 0.5) is 0 Å². The van der Waals surface area contributed by atoms with Crippen LogP contribution in [0.25, 0.3) is 0 Å². The topological polar surface area (TPSA) is 20.2 Å². The lowest BCUT2D eigenvalue weighted by atomic mass is 9.96. The van der Waals surface area contributed by atoms with Crippen molar-refractivity contribution in [2.45, 2.75) is 52.6 Å². The summed E-state index contributed by atoms with van der Waals surface area (Å²) in [7, 11) is 0. The average molecular weight is 282 g/mol. The number of aliphatic hydroxyl groups is 1. The third-order valence-electron chi connectivity index (χ3n) is 4.10. The molecule has 2 aromatic carbocycles. The van der Waals surface area contributed by atoms with Gasteiger partial charge in [0.1, 0.15) is 0 Å². The van der Waals surface area contributed by atoms with Crippen LogP contribution in [0.15, 0.2) is 42.5 Å². The van der Waals surface area contributed by atoms with Crippen LogP contribution < -0.4 is 0 Å². The van der Waals surface area contributed by atoms with Crippen LogP contribution in [0, 0.1) is 13.8 Å². The van der Waals surface area contributed by atoms with Crippen LogP contribution >= 0.6 is 0 Å². The van der Waals surface area contributed by atoms with Crippen molar-refractivity contribution in [2.75, 3.05) is 0 Å². The number of aliphatic hydroxyl groups excluding tert-OH is 1. The van der Waals surface area contributed by atoms with E-state index in [0.29, 0.717) is 6.42 Å². The predicted molar refractivity (Wildman–Crippen MR) is 89.6 cm³/mol. The number of rotatable bonds is 6. The largest absolute Gasteiger partial charge is 0.388 e. The molecule has 2 aromatic rings. The molecule has 0 spiro atoms. The molecule has 0 saturated heterocycles. The number of unbranched alkanes of at least 4 members (excludes halogenated alkanes) is 1. The highest BCUT2D eigenvalue weighted by atomic mass is 16.3. The number of hydrogen-bond acceptors (Lipinski definition) is 1. The van der Waals surface area contributed by atoms with E-state index < -0.39 is 6.10 Å². The van der Waals surface area contributed by atoms with Crippen molar-refractivity contribution < 1.29 is 5.11 Å². The maximum atomic E-state index is 10.5. The summed E-state index contributed by atoms with van der Waals surface area (Å²) in [5.41, 5.74) is 6.10. The zero-order valence-electron chi connectivity index (χ0n) is 13.4. The highest BCUT2D eigenvalue weighted by molar-refractivity contribution is 5.33. The SMILES string of the molecule is CCCCc1ccc(C(O)Cc2cc(C)ccc2C)cc1. The van der Waals surface area contributed by atoms with E-state index in [0.717, 1.165) is 12.0 Å².